The van der Waals surface area contributed by atoms with Gasteiger partial charge in [0.1, 0.15) is 16.8 Å². The van der Waals surface area contributed by atoms with Crippen LogP contribution in [0, 0.1) is 6.92 Å². The molecule has 7 heteroatoms. The molecule has 1 aliphatic rings. The van der Waals surface area contributed by atoms with E-state index in [9.17, 15) is 9.59 Å². The number of nitrogens with zero attached hydrogens (tertiary/aromatic N) is 3. The van der Waals surface area contributed by atoms with Gasteiger partial charge in [0.05, 0.1) is 23.7 Å². The molecule has 2 atom stereocenters. The molecule has 1 aliphatic heterocycles. The lowest BCUT2D eigenvalue weighted by Gasteiger charge is -2.23. The third kappa shape index (κ3) is 3.15. The Morgan fingerprint density at radius 1 is 1.00 bits per heavy atom. The van der Waals surface area contributed by atoms with Crippen molar-refractivity contribution in [2.24, 2.45) is 7.05 Å². The van der Waals surface area contributed by atoms with Crippen LogP contribution in [0.2, 0.25) is 0 Å². The average molecular weight is 410 g/mol. The number of hydrogen-bond donors (Lipinski definition) is 0. The molecule has 6 nitrogen and oxygen atoms in total. The quantitative estimate of drug-likeness (QED) is 0.660. The van der Waals surface area contributed by atoms with E-state index in [2.05, 4.69) is 0 Å². The second kappa shape index (κ2) is 7.48. The third-order valence-electron chi connectivity index (χ3n) is 5.32. The molecule has 0 N–H and O–H groups in total. The molecule has 0 aliphatic carbocycles. The zero-order valence-corrected chi connectivity index (χ0v) is 17.6. The summed E-state index contributed by atoms with van der Waals surface area (Å²) in [7, 11) is 3.46. The monoisotopic (exact) mass is 409 g/mol. The number of ether oxygens (including phenoxy) is 1. The molecule has 1 saturated heterocycles. The number of thioether (sulfide) groups is 1. The number of carbonyl (C=O) groups excluding carboxylic acids is 1. The first-order valence-corrected chi connectivity index (χ1v) is 10.3. The number of benzene rings is 2. The number of rotatable bonds is 4. The molecule has 2 aromatic carbocycles. The molecule has 0 bridgehead atoms. The molecular weight excluding hydrogens is 386 g/mol. The number of carbonyl (C=O) groups is 1. The second-order valence-corrected chi connectivity index (χ2v) is 8.45. The molecule has 0 spiro atoms. The van der Waals surface area contributed by atoms with E-state index in [1.54, 1.807) is 33.1 Å². The van der Waals surface area contributed by atoms with Crippen molar-refractivity contribution in [3.8, 4) is 11.4 Å². The van der Waals surface area contributed by atoms with Gasteiger partial charge in [0.15, 0.2) is 0 Å². The molecular formula is C22H23N3O3S. The maximum atomic E-state index is 13.4. The summed E-state index contributed by atoms with van der Waals surface area (Å²) in [5.74, 6) is 0.701. The second-order valence-electron chi connectivity index (χ2n) is 7.02. The van der Waals surface area contributed by atoms with Crippen LogP contribution in [-0.4, -0.2) is 27.6 Å². The highest BCUT2D eigenvalue weighted by Gasteiger charge is 2.42. The summed E-state index contributed by atoms with van der Waals surface area (Å²) < 4.78 is 8.66. The maximum absolute atomic E-state index is 13.4. The Morgan fingerprint density at radius 2 is 1.66 bits per heavy atom. The van der Waals surface area contributed by atoms with Crippen molar-refractivity contribution in [2.45, 2.75) is 24.5 Å². The lowest BCUT2D eigenvalue weighted by Crippen LogP contribution is -2.34. The van der Waals surface area contributed by atoms with Crippen molar-refractivity contribution in [3.63, 3.8) is 0 Å². The van der Waals surface area contributed by atoms with Gasteiger partial charge in [0.2, 0.25) is 5.91 Å². The number of amides is 1. The zero-order valence-electron chi connectivity index (χ0n) is 16.8. The zero-order chi connectivity index (χ0) is 20.7. The Bertz CT molecular complexity index is 1100. The van der Waals surface area contributed by atoms with Gasteiger partial charge in [-0.2, -0.15) is 0 Å². The summed E-state index contributed by atoms with van der Waals surface area (Å²) in [5, 5.41) is -0.493. The summed E-state index contributed by atoms with van der Waals surface area (Å²) in [6.45, 7) is 3.76. The van der Waals surface area contributed by atoms with Crippen molar-refractivity contribution in [1.82, 2.24) is 9.36 Å². The van der Waals surface area contributed by atoms with Crippen LogP contribution in [0.3, 0.4) is 0 Å². The number of anilines is 1. The smallest absolute Gasteiger partial charge is 0.295 e. The number of methoxy groups -OCH3 is 1. The summed E-state index contributed by atoms with van der Waals surface area (Å²) in [5.41, 5.74) is 2.71. The molecule has 1 amide bonds. The first kappa shape index (κ1) is 19.4. The first-order chi connectivity index (χ1) is 13.9. The fourth-order valence-corrected chi connectivity index (χ4v) is 4.94. The molecule has 3 aromatic rings. The molecule has 0 saturated carbocycles. The maximum Gasteiger partial charge on any atom is 0.295 e. The Hall–Kier alpha value is -2.93. The van der Waals surface area contributed by atoms with Gasteiger partial charge in [0.25, 0.3) is 5.56 Å². The highest BCUT2D eigenvalue weighted by Crippen LogP contribution is 2.45. The fraction of sp³-hybridized carbons (Fsp3) is 0.273. The van der Waals surface area contributed by atoms with E-state index in [4.69, 9.17) is 4.74 Å². The summed E-state index contributed by atoms with van der Waals surface area (Å²) >= 11 is 1.55. The summed E-state index contributed by atoms with van der Waals surface area (Å²) in [4.78, 5) is 28.2. The van der Waals surface area contributed by atoms with E-state index in [0.29, 0.717) is 5.69 Å². The van der Waals surface area contributed by atoms with Crippen LogP contribution in [0.25, 0.3) is 5.69 Å². The van der Waals surface area contributed by atoms with Crippen molar-refractivity contribution in [3.05, 3.63) is 76.2 Å². The van der Waals surface area contributed by atoms with E-state index in [-0.39, 0.29) is 22.1 Å². The summed E-state index contributed by atoms with van der Waals surface area (Å²) in [6.07, 6.45) is 0. The van der Waals surface area contributed by atoms with Crippen molar-refractivity contribution in [1.29, 1.82) is 0 Å². The van der Waals surface area contributed by atoms with Gasteiger partial charge in [-0.3, -0.25) is 19.2 Å². The molecule has 2 unspecified atom stereocenters. The van der Waals surface area contributed by atoms with Gasteiger partial charge in [0, 0.05) is 7.05 Å². The minimum absolute atomic E-state index is 0.0539. The normalized spacial score (nSPS) is 19.0. The predicted molar refractivity (Wildman–Crippen MR) is 116 cm³/mol. The van der Waals surface area contributed by atoms with E-state index in [0.717, 1.165) is 22.7 Å². The minimum Gasteiger partial charge on any atom is -0.497 e. The van der Waals surface area contributed by atoms with E-state index in [1.807, 2.05) is 75.5 Å². The van der Waals surface area contributed by atoms with Crippen LogP contribution in [-0.2, 0) is 11.8 Å². The molecule has 1 aromatic heterocycles. The lowest BCUT2D eigenvalue weighted by molar-refractivity contribution is -0.117. The van der Waals surface area contributed by atoms with Crippen LogP contribution >= 0.6 is 11.8 Å². The lowest BCUT2D eigenvalue weighted by atomic mass is 10.1. The highest BCUT2D eigenvalue weighted by molar-refractivity contribution is 8.01. The van der Waals surface area contributed by atoms with Crippen LogP contribution in [0.4, 0.5) is 5.69 Å². The third-order valence-corrected chi connectivity index (χ3v) is 6.67. The Kier molecular flexibility index (Phi) is 5.00. The van der Waals surface area contributed by atoms with Gasteiger partial charge in [-0.05, 0) is 43.7 Å². The molecule has 2 heterocycles. The van der Waals surface area contributed by atoms with Crippen molar-refractivity contribution < 1.29 is 9.53 Å². The van der Waals surface area contributed by atoms with Crippen molar-refractivity contribution >= 4 is 23.4 Å². The molecule has 29 heavy (non-hydrogen) atoms. The fourth-order valence-electron chi connectivity index (χ4n) is 3.68. The Labute approximate surface area is 173 Å². The van der Waals surface area contributed by atoms with Gasteiger partial charge >= 0.3 is 0 Å². The van der Waals surface area contributed by atoms with Crippen LogP contribution in [0.1, 0.15) is 23.6 Å². The Morgan fingerprint density at radius 3 is 2.28 bits per heavy atom. The van der Waals surface area contributed by atoms with E-state index < -0.39 is 0 Å². The number of para-hydroxylation sites is 1. The standard InChI is InChI=1S/C22H23N3O3S/c1-14-19(21(27)25(23(14)3)17-8-6-5-7-9-17)24-20(26)15(2)29-22(24)16-10-12-18(28-4)13-11-16/h5-13,15,22H,1-4H3. The van der Waals surface area contributed by atoms with Gasteiger partial charge in [-0.15, -0.1) is 11.8 Å². The van der Waals surface area contributed by atoms with E-state index >= 15 is 0 Å². The van der Waals surface area contributed by atoms with Gasteiger partial charge in [-0.25, -0.2) is 4.68 Å². The van der Waals surface area contributed by atoms with Crippen LogP contribution in [0.5, 0.6) is 5.75 Å². The molecule has 1 fully saturated rings. The topological polar surface area (TPSA) is 56.5 Å². The summed E-state index contributed by atoms with van der Waals surface area (Å²) in [6, 6.07) is 17.1. The molecule has 0 radical (unpaired) electrons. The minimum atomic E-state index is -0.263. The van der Waals surface area contributed by atoms with Gasteiger partial charge in [-0.1, -0.05) is 30.3 Å². The number of hydrogen-bond acceptors (Lipinski definition) is 4. The molecule has 150 valence electrons. The van der Waals surface area contributed by atoms with Gasteiger partial charge < -0.3 is 4.74 Å². The molecule has 4 rings (SSSR count). The highest BCUT2D eigenvalue weighted by atomic mass is 32.2. The average Bonchev–Trinajstić information content (AvgIpc) is 3.15. The van der Waals surface area contributed by atoms with Crippen LogP contribution < -0.4 is 15.2 Å². The van der Waals surface area contributed by atoms with E-state index in [1.165, 1.54) is 0 Å². The SMILES string of the molecule is COc1ccc(C2SC(C)C(=O)N2c2c(C)n(C)n(-c3ccccc3)c2=O)cc1. The number of aromatic nitrogens is 2. The Balaban J connectivity index is 1.85. The van der Waals surface area contributed by atoms with Crippen molar-refractivity contribution in [2.75, 3.05) is 12.0 Å². The van der Waals surface area contributed by atoms with Crippen LogP contribution in [0.15, 0.2) is 59.4 Å². The largest absolute Gasteiger partial charge is 0.497 e. The predicted octanol–water partition coefficient (Wildman–Crippen LogP) is 3.66. The first-order valence-electron chi connectivity index (χ1n) is 9.40.